The molecule has 6 heteroatoms. The second-order valence-electron chi connectivity index (χ2n) is 5.47. The molecule has 0 spiro atoms. The molecule has 1 saturated carbocycles. The van der Waals surface area contributed by atoms with Crippen LogP contribution < -0.4 is 5.32 Å². The van der Waals surface area contributed by atoms with E-state index in [2.05, 4.69) is 40.0 Å². The molecule has 1 aliphatic rings. The van der Waals surface area contributed by atoms with Crippen LogP contribution in [0.3, 0.4) is 0 Å². The summed E-state index contributed by atoms with van der Waals surface area (Å²) in [6.07, 6.45) is 9.57. The standard InChI is InChI=1S/C15H28N4.2ClH/c1-3-18(4-2)10-9-16-11-14-12-17-19(13-14)15-7-5-6-8-15;;/h12-13,15-16H,3-11H2,1-2H3;2*1H. The van der Waals surface area contributed by atoms with Crippen LogP contribution in [0.15, 0.2) is 12.4 Å². The molecule has 0 saturated heterocycles. The lowest BCUT2D eigenvalue weighted by Gasteiger charge is -2.17. The highest BCUT2D eigenvalue weighted by Gasteiger charge is 2.17. The first-order chi connectivity index (χ1) is 9.33. The normalized spacial score (nSPS) is 15.0. The first-order valence-corrected chi connectivity index (χ1v) is 7.79. The van der Waals surface area contributed by atoms with E-state index in [4.69, 9.17) is 0 Å². The lowest BCUT2D eigenvalue weighted by Crippen LogP contribution is -2.31. The summed E-state index contributed by atoms with van der Waals surface area (Å²) in [6.45, 7) is 9.83. The molecule has 4 nitrogen and oxygen atoms in total. The van der Waals surface area contributed by atoms with E-state index >= 15 is 0 Å². The molecule has 1 aromatic heterocycles. The van der Waals surface area contributed by atoms with Gasteiger partial charge in [-0.1, -0.05) is 26.7 Å². The van der Waals surface area contributed by atoms with Gasteiger partial charge >= 0.3 is 0 Å². The van der Waals surface area contributed by atoms with Gasteiger partial charge in [0, 0.05) is 31.4 Å². The van der Waals surface area contributed by atoms with Crippen LogP contribution in [0.25, 0.3) is 0 Å². The highest BCUT2D eigenvalue weighted by Crippen LogP contribution is 2.28. The quantitative estimate of drug-likeness (QED) is 0.739. The third-order valence-electron chi connectivity index (χ3n) is 4.18. The summed E-state index contributed by atoms with van der Waals surface area (Å²) >= 11 is 0. The first kappa shape index (κ1) is 20.7. The van der Waals surface area contributed by atoms with Crippen molar-refractivity contribution in [1.82, 2.24) is 20.0 Å². The van der Waals surface area contributed by atoms with E-state index in [9.17, 15) is 0 Å². The molecule has 1 aliphatic carbocycles. The van der Waals surface area contributed by atoms with E-state index in [1.165, 1.54) is 31.2 Å². The summed E-state index contributed by atoms with van der Waals surface area (Å²) in [5.41, 5.74) is 1.31. The third-order valence-corrected chi connectivity index (χ3v) is 4.18. The fourth-order valence-electron chi connectivity index (χ4n) is 2.85. The maximum absolute atomic E-state index is 4.51. The fourth-order valence-corrected chi connectivity index (χ4v) is 2.85. The Bertz CT molecular complexity index is 360. The van der Waals surface area contributed by atoms with Crippen LogP contribution >= 0.6 is 24.8 Å². The van der Waals surface area contributed by atoms with Gasteiger partial charge in [0.2, 0.25) is 0 Å². The Morgan fingerprint density at radius 1 is 1.24 bits per heavy atom. The lowest BCUT2D eigenvalue weighted by atomic mass is 10.2. The van der Waals surface area contributed by atoms with Crippen LogP contribution in [0.4, 0.5) is 0 Å². The first-order valence-electron chi connectivity index (χ1n) is 7.79. The number of nitrogens with one attached hydrogen (secondary N) is 1. The molecule has 1 aromatic rings. The minimum absolute atomic E-state index is 0. The van der Waals surface area contributed by atoms with Gasteiger partial charge in [0.15, 0.2) is 0 Å². The van der Waals surface area contributed by atoms with Gasteiger partial charge in [-0.25, -0.2) is 0 Å². The molecule has 0 unspecified atom stereocenters. The van der Waals surface area contributed by atoms with Crippen molar-refractivity contribution in [3.63, 3.8) is 0 Å². The summed E-state index contributed by atoms with van der Waals surface area (Å²) in [4.78, 5) is 2.44. The SMILES string of the molecule is CCN(CC)CCNCc1cnn(C2CCCC2)c1.Cl.Cl. The van der Waals surface area contributed by atoms with Gasteiger partial charge in [-0.3, -0.25) is 4.68 Å². The fraction of sp³-hybridized carbons (Fsp3) is 0.800. The number of halogens is 2. The van der Waals surface area contributed by atoms with Gasteiger partial charge in [-0.15, -0.1) is 24.8 Å². The molecular weight excluding hydrogens is 307 g/mol. The van der Waals surface area contributed by atoms with E-state index in [1.54, 1.807) is 0 Å². The summed E-state index contributed by atoms with van der Waals surface area (Å²) < 4.78 is 2.18. The average molecular weight is 337 g/mol. The molecule has 1 heterocycles. The molecule has 0 atom stereocenters. The third kappa shape index (κ3) is 6.55. The number of hydrogen-bond donors (Lipinski definition) is 1. The molecule has 0 aliphatic heterocycles. The minimum Gasteiger partial charge on any atom is -0.311 e. The van der Waals surface area contributed by atoms with Crippen LogP contribution in [0, 0.1) is 0 Å². The Balaban J connectivity index is 0.00000200. The van der Waals surface area contributed by atoms with E-state index in [-0.39, 0.29) is 24.8 Å². The van der Waals surface area contributed by atoms with Gasteiger partial charge < -0.3 is 10.2 Å². The molecule has 124 valence electrons. The number of nitrogens with zero attached hydrogens (tertiary/aromatic N) is 3. The number of rotatable bonds is 8. The molecule has 0 radical (unpaired) electrons. The molecular formula is C15H30Cl2N4. The predicted octanol–water partition coefficient (Wildman–Crippen LogP) is 3.27. The van der Waals surface area contributed by atoms with Crippen molar-refractivity contribution in [2.75, 3.05) is 26.2 Å². The monoisotopic (exact) mass is 336 g/mol. The molecule has 2 rings (SSSR count). The molecule has 21 heavy (non-hydrogen) atoms. The highest BCUT2D eigenvalue weighted by molar-refractivity contribution is 5.85. The largest absolute Gasteiger partial charge is 0.311 e. The number of hydrogen-bond acceptors (Lipinski definition) is 3. The molecule has 0 amide bonds. The summed E-state index contributed by atoms with van der Waals surface area (Å²) in [5.74, 6) is 0. The Labute approximate surface area is 141 Å². The second kappa shape index (κ2) is 11.3. The van der Waals surface area contributed by atoms with Crippen LogP contribution in [0.2, 0.25) is 0 Å². The zero-order valence-electron chi connectivity index (χ0n) is 13.3. The molecule has 1 N–H and O–H groups in total. The molecule has 0 aromatic carbocycles. The van der Waals surface area contributed by atoms with Crippen molar-refractivity contribution in [2.45, 2.75) is 52.1 Å². The average Bonchev–Trinajstić information content (AvgIpc) is 3.10. The van der Waals surface area contributed by atoms with Gasteiger partial charge in [-0.05, 0) is 25.9 Å². The lowest BCUT2D eigenvalue weighted by molar-refractivity contribution is 0.302. The van der Waals surface area contributed by atoms with Gasteiger partial charge in [-0.2, -0.15) is 5.10 Å². The van der Waals surface area contributed by atoms with Crippen LogP contribution in [-0.4, -0.2) is 40.9 Å². The zero-order valence-corrected chi connectivity index (χ0v) is 14.9. The number of aromatic nitrogens is 2. The summed E-state index contributed by atoms with van der Waals surface area (Å²) in [6, 6.07) is 0.657. The van der Waals surface area contributed by atoms with Gasteiger partial charge in [0.25, 0.3) is 0 Å². The van der Waals surface area contributed by atoms with Crippen molar-refractivity contribution in [1.29, 1.82) is 0 Å². The minimum atomic E-state index is 0. The van der Waals surface area contributed by atoms with Crippen LogP contribution in [0.5, 0.6) is 0 Å². The topological polar surface area (TPSA) is 33.1 Å². The van der Waals surface area contributed by atoms with E-state index in [0.29, 0.717) is 6.04 Å². The summed E-state index contributed by atoms with van der Waals surface area (Å²) in [7, 11) is 0. The Morgan fingerprint density at radius 3 is 2.52 bits per heavy atom. The van der Waals surface area contributed by atoms with Crippen molar-refractivity contribution in [2.24, 2.45) is 0 Å². The van der Waals surface area contributed by atoms with E-state index in [1.807, 2.05) is 6.20 Å². The maximum Gasteiger partial charge on any atom is 0.0534 e. The number of likely N-dealkylation sites (N-methyl/N-ethyl adjacent to an activating group) is 1. The highest BCUT2D eigenvalue weighted by atomic mass is 35.5. The van der Waals surface area contributed by atoms with Gasteiger partial charge in [0.1, 0.15) is 0 Å². The Morgan fingerprint density at radius 2 is 1.90 bits per heavy atom. The summed E-state index contributed by atoms with van der Waals surface area (Å²) in [5, 5.41) is 8.02. The van der Waals surface area contributed by atoms with E-state index in [0.717, 1.165) is 32.7 Å². The van der Waals surface area contributed by atoms with Crippen molar-refractivity contribution in [3.05, 3.63) is 18.0 Å². The molecule has 0 bridgehead atoms. The van der Waals surface area contributed by atoms with Crippen LogP contribution in [-0.2, 0) is 6.54 Å². The van der Waals surface area contributed by atoms with Crippen LogP contribution in [0.1, 0.15) is 51.1 Å². The van der Waals surface area contributed by atoms with E-state index < -0.39 is 0 Å². The predicted molar refractivity (Wildman–Crippen MR) is 93.7 cm³/mol. The van der Waals surface area contributed by atoms with Crippen molar-refractivity contribution >= 4 is 24.8 Å². The maximum atomic E-state index is 4.51. The Hall–Kier alpha value is -0.290. The zero-order chi connectivity index (χ0) is 13.5. The molecule has 1 fully saturated rings. The van der Waals surface area contributed by atoms with Crippen molar-refractivity contribution < 1.29 is 0 Å². The van der Waals surface area contributed by atoms with Crippen molar-refractivity contribution in [3.8, 4) is 0 Å². The second-order valence-corrected chi connectivity index (χ2v) is 5.47. The van der Waals surface area contributed by atoms with Gasteiger partial charge in [0.05, 0.1) is 12.2 Å². The smallest absolute Gasteiger partial charge is 0.0534 e. The Kier molecular flexibility index (Phi) is 11.1.